The van der Waals surface area contributed by atoms with E-state index in [2.05, 4.69) is 5.32 Å². The lowest BCUT2D eigenvalue weighted by atomic mass is 10.3. The number of carbonyl (C=O) groups excluding carboxylic acids is 1. The molecule has 0 radical (unpaired) electrons. The lowest BCUT2D eigenvalue weighted by Crippen LogP contribution is -2.09. The van der Waals surface area contributed by atoms with Crippen molar-refractivity contribution in [1.29, 1.82) is 0 Å². The average molecular weight is 298 g/mol. The van der Waals surface area contributed by atoms with Crippen LogP contribution in [0, 0.1) is 0 Å². The summed E-state index contributed by atoms with van der Waals surface area (Å²) < 4.78 is 10.4. The van der Waals surface area contributed by atoms with Gasteiger partial charge in [-0.15, -0.1) is 11.3 Å². The van der Waals surface area contributed by atoms with Crippen molar-refractivity contribution in [1.82, 2.24) is 0 Å². The third-order valence-electron chi connectivity index (χ3n) is 2.40. The summed E-state index contributed by atoms with van der Waals surface area (Å²) in [4.78, 5) is 12.0. The van der Waals surface area contributed by atoms with Crippen LogP contribution in [-0.4, -0.2) is 25.7 Å². The first-order chi connectivity index (χ1) is 9.36. The molecule has 1 aromatic rings. The second-order valence-corrected chi connectivity index (χ2v) is 5.84. The third kappa shape index (κ3) is 4.16. The maximum atomic E-state index is 11.7. The predicted octanol–water partition coefficient (Wildman–Crippen LogP) is 3.28. The molecule has 0 spiro atoms. The van der Waals surface area contributed by atoms with Crippen molar-refractivity contribution >= 4 is 28.0 Å². The molecule has 0 saturated heterocycles. The molecule has 0 aliphatic carbocycles. The highest BCUT2D eigenvalue weighted by Crippen LogP contribution is 2.43. The molecule has 0 atom stereocenters. The van der Waals surface area contributed by atoms with E-state index in [-0.39, 0.29) is 6.10 Å². The zero-order valence-electron chi connectivity index (χ0n) is 12.6. The van der Waals surface area contributed by atoms with E-state index in [1.165, 1.54) is 24.0 Å². The van der Waals surface area contributed by atoms with Gasteiger partial charge in [-0.1, -0.05) is 11.6 Å². The van der Waals surface area contributed by atoms with E-state index in [4.69, 9.17) is 15.2 Å². The number of anilines is 2. The number of nitrogens with two attached hydrogens (primary N) is 1. The Balaban J connectivity index is 3.06. The minimum Gasteiger partial charge on any atom is -0.486 e. The Hall–Kier alpha value is -1.69. The Morgan fingerprint density at radius 1 is 1.45 bits per heavy atom. The molecule has 1 aromatic heterocycles. The molecule has 0 aliphatic heterocycles. The van der Waals surface area contributed by atoms with Gasteiger partial charge in [0.2, 0.25) is 0 Å². The van der Waals surface area contributed by atoms with Gasteiger partial charge in [-0.3, -0.25) is 0 Å². The molecule has 0 fully saturated rings. The molecule has 0 saturated carbocycles. The van der Waals surface area contributed by atoms with E-state index in [0.717, 1.165) is 5.00 Å². The van der Waals surface area contributed by atoms with Crippen molar-refractivity contribution in [3.63, 3.8) is 0 Å². The van der Waals surface area contributed by atoms with E-state index in [1.807, 2.05) is 33.8 Å². The van der Waals surface area contributed by atoms with Crippen molar-refractivity contribution < 1.29 is 14.3 Å². The number of hydrogen-bond donors (Lipinski definition) is 2. The molecule has 0 unspecified atom stereocenters. The maximum Gasteiger partial charge on any atom is 0.350 e. The SMILES string of the molecule is COC(=O)c1sc(NCC=C(C)C)c(OC(C)C)c1N. The molecule has 1 rings (SSSR count). The lowest BCUT2D eigenvalue weighted by Gasteiger charge is -2.12. The Labute approximate surface area is 123 Å². The summed E-state index contributed by atoms with van der Waals surface area (Å²) in [6.45, 7) is 8.52. The summed E-state index contributed by atoms with van der Waals surface area (Å²) in [6.07, 6.45) is 2.02. The molecule has 1 heterocycles. The number of methoxy groups -OCH3 is 1. The van der Waals surface area contributed by atoms with Gasteiger partial charge in [-0.2, -0.15) is 0 Å². The first-order valence-corrected chi connectivity index (χ1v) is 7.22. The van der Waals surface area contributed by atoms with Gasteiger partial charge in [0.15, 0.2) is 5.75 Å². The van der Waals surface area contributed by atoms with Crippen LogP contribution in [0.4, 0.5) is 10.7 Å². The standard InChI is InChI=1S/C14H22N2O3S/c1-8(2)6-7-16-13-11(19-9(3)4)10(15)12(20-13)14(17)18-5/h6,9,16H,7,15H2,1-5H3. The predicted molar refractivity (Wildman–Crippen MR) is 83.8 cm³/mol. The number of nitrogen functional groups attached to an aromatic ring is 1. The van der Waals surface area contributed by atoms with Gasteiger partial charge in [0.25, 0.3) is 0 Å². The summed E-state index contributed by atoms with van der Waals surface area (Å²) in [5.41, 5.74) is 7.53. The number of hydrogen-bond acceptors (Lipinski definition) is 6. The summed E-state index contributed by atoms with van der Waals surface area (Å²) >= 11 is 1.25. The maximum absolute atomic E-state index is 11.7. The van der Waals surface area contributed by atoms with Crippen molar-refractivity contribution in [2.75, 3.05) is 24.7 Å². The number of thiophene rings is 1. The van der Waals surface area contributed by atoms with Gasteiger partial charge < -0.3 is 20.5 Å². The summed E-state index contributed by atoms with van der Waals surface area (Å²) in [6, 6.07) is 0. The van der Waals surface area contributed by atoms with Crippen LogP contribution >= 0.6 is 11.3 Å². The van der Waals surface area contributed by atoms with Crippen LogP contribution in [0.3, 0.4) is 0 Å². The fourth-order valence-electron chi connectivity index (χ4n) is 1.49. The molecule has 5 nitrogen and oxygen atoms in total. The van der Waals surface area contributed by atoms with Crippen molar-refractivity contribution in [2.24, 2.45) is 0 Å². The molecule has 0 bridgehead atoms. The van der Waals surface area contributed by atoms with Crippen LogP contribution < -0.4 is 15.8 Å². The first kappa shape index (κ1) is 16.4. The fraction of sp³-hybridized carbons (Fsp3) is 0.500. The monoisotopic (exact) mass is 298 g/mol. The van der Waals surface area contributed by atoms with Gasteiger partial charge in [0.1, 0.15) is 15.6 Å². The lowest BCUT2D eigenvalue weighted by molar-refractivity contribution is 0.0607. The third-order valence-corrected chi connectivity index (χ3v) is 3.52. The molecule has 0 aliphatic rings. The number of ether oxygens (including phenoxy) is 2. The number of rotatable bonds is 6. The zero-order valence-corrected chi connectivity index (χ0v) is 13.4. The Morgan fingerprint density at radius 3 is 2.60 bits per heavy atom. The van der Waals surface area contributed by atoms with Crippen LogP contribution in [0.25, 0.3) is 0 Å². The summed E-state index contributed by atoms with van der Waals surface area (Å²) in [5, 5.41) is 3.96. The Morgan fingerprint density at radius 2 is 2.10 bits per heavy atom. The smallest absolute Gasteiger partial charge is 0.350 e. The van der Waals surface area contributed by atoms with Crippen LogP contribution in [0.2, 0.25) is 0 Å². The van der Waals surface area contributed by atoms with E-state index < -0.39 is 5.97 Å². The molecule has 0 aromatic carbocycles. The highest BCUT2D eigenvalue weighted by Gasteiger charge is 2.23. The molecule has 3 N–H and O–H groups in total. The second-order valence-electron chi connectivity index (χ2n) is 4.82. The van der Waals surface area contributed by atoms with Crippen LogP contribution in [0.1, 0.15) is 37.4 Å². The highest BCUT2D eigenvalue weighted by molar-refractivity contribution is 7.19. The normalized spacial score (nSPS) is 10.3. The summed E-state index contributed by atoms with van der Waals surface area (Å²) in [7, 11) is 1.33. The summed E-state index contributed by atoms with van der Waals surface area (Å²) in [5.74, 6) is 0.0731. The van der Waals surface area contributed by atoms with Gasteiger partial charge in [-0.25, -0.2) is 4.79 Å². The minimum absolute atomic E-state index is 0.0265. The van der Waals surface area contributed by atoms with Gasteiger partial charge in [-0.05, 0) is 27.7 Å². The van der Waals surface area contributed by atoms with Crippen LogP contribution in [0.5, 0.6) is 5.75 Å². The first-order valence-electron chi connectivity index (χ1n) is 6.41. The molecular weight excluding hydrogens is 276 g/mol. The van der Waals surface area contributed by atoms with Gasteiger partial charge in [0.05, 0.1) is 13.2 Å². The van der Waals surface area contributed by atoms with Crippen LogP contribution in [0.15, 0.2) is 11.6 Å². The number of esters is 1. The van der Waals surface area contributed by atoms with Crippen molar-refractivity contribution in [3.05, 3.63) is 16.5 Å². The number of carbonyl (C=O) groups is 1. The van der Waals surface area contributed by atoms with E-state index in [0.29, 0.717) is 22.9 Å². The minimum atomic E-state index is -0.448. The number of allylic oxidation sites excluding steroid dienone is 1. The largest absolute Gasteiger partial charge is 0.486 e. The Kier molecular flexibility index (Phi) is 5.88. The molecule has 112 valence electrons. The van der Waals surface area contributed by atoms with Crippen molar-refractivity contribution in [2.45, 2.75) is 33.8 Å². The van der Waals surface area contributed by atoms with Crippen LogP contribution in [-0.2, 0) is 4.74 Å². The zero-order chi connectivity index (χ0) is 15.3. The number of nitrogens with one attached hydrogen (secondary N) is 1. The van der Waals surface area contributed by atoms with E-state index in [1.54, 1.807) is 0 Å². The molecule has 0 amide bonds. The highest BCUT2D eigenvalue weighted by atomic mass is 32.1. The van der Waals surface area contributed by atoms with E-state index >= 15 is 0 Å². The topological polar surface area (TPSA) is 73.6 Å². The van der Waals surface area contributed by atoms with Crippen molar-refractivity contribution in [3.8, 4) is 5.75 Å². The second kappa shape index (κ2) is 7.19. The molecule has 20 heavy (non-hydrogen) atoms. The fourth-order valence-corrected chi connectivity index (χ4v) is 2.47. The van der Waals surface area contributed by atoms with Gasteiger partial charge in [0, 0.05) is 6.54 Å². The molecular formula is C14H22N2O3S. The Bertz CT molecular complexity index is 503. The molecule has 6 heteroatoms. The quantitative estimate of drug-likeness (QED) is 0.623. The van der Waals surface area contributed by atoms with Gasteiger partial charge >= 0.3 is 5.97 Å². The average Bonchev–Trinajstić information content (AvgIpc) is 2.66. The van der Waals surface area contributed by atoms with E-state index in [9.17, 15) is 4.79 Å².